The molecule has 3 aromatic carbocycles. The van der Waals surface area contributed by atoms with Gasteiger partial charge in [-0.05, 0) is 74.0 Å². The summed E-state index contributed by atoms with van der Waals surface area (Å²) >= 11 is 5.99. The van der Waals surface area contributed by atoms with E-state index in [1.165, 1.54) is 0 Å². The third kappa shape index (κ3) is 4.68. The quantitative estimate of drug-likeness (QED) is 0.299. The Morgan fingerprint density at radius 1 is 1.00 bits per heavy atom. The third-order valence-electron chi connectivity index (χ3n) is 6.18. The minimum absolute atomic E-state index is 0.163. The first-order valence-corrected chi connectivity index (χ1v) is 11.9. The van der Waals surface area contributed by atoms with Crippen LogP contribution in [0.4, 0.5) is 0 Å². The fourth-order valence-corrected chi connectivity index (χ4v) is 4.32. The lowest BCUT2D eigenvalue weighted by Crippen LogP contribution is -2.23. The third-order valence-corrected chi connectivity index (χ3v) is 6.43. The number of hydrogen-bond acceptors (Lipinski definition) is 4. The van der Waals surface area contributed by atoms with Crippen LogP contribution in [0.25, 0.3) is 27.8 Å². The molecule has 0 saturated carbocycles. The van der Waals surface area contributed by atoms with Crippen LogP contribution in [0, 0.1) is 13.8 Å². The number of aryl methyl sites for hydroxylation is 1. The van der Waals surface area contributed by atoms with Crippen molar-refractivity contribution in [3.8, 4) is 22.7 Å². The largest absolute Gasteiger partial charge is 0.497 e. The zero-order chi connectivity index (χ0) is 25.2. The van der Waals surface area contributed by atoms with E-state index >= 15 is 0 Å². The molecule has 2 aromatic heterocycles. The van der Waals surface area contributed by atoms with Gasteiger partial charge in [0.15, 0.2) is 0 Å². The monoisotopic (exact) mass is 496 g/mol. The van der Waals surface area contributed by atoms with Crippen LogP contribution in [-0.4, -0.2) is 27.8 Å². The first-order valence-electron chi connectivity index (χ1n) is 11.6. The van der Waals surface area contributed by atoms with E-state index in [1.807, 2.05) is 91.3 Å². The number of methoxy groups -OCH3 is 1. The fourth-order valence-electron chi connectivity index (χ4n) is 4.19. The first kappa shape index (κ1) is 23.6. The lowest BCUT2D eigenvalue weighted by atomic mass is 10.0. The molecule has 0 saturated heterocycles. The number of fused-ring (bicyclic) bond motifs is 1. The van der Waals surface area contributed by atoms with Gasteiger partial charge in [-0.2, -0.15) is 5.10 Å². The number of carbonyl (C=O) groups is 1. The number of ether oxygens (including phenoxy) is 1. The second-order valence-corrected chi connectivity index (χ2v) is 9.07. The normalized spacial score (nSPS) is 11.0. The molecule has 0 bridgehead atoms. The van der Waals surface area contributed by atoms with Crippen molar-refractivity contribution >= 4 is 28.4 Å². The van der Waals surface area contributed by atoms with Crippen molar-refractivity contribution in [2.45, 2.75) is 20.4 Å². The van der Waals surface area contributed by atoms with Crippen LogP contribution in [0.3, 0.4) is 0 Å². The molecule has 0 atom stereocenters. The van der Waals surface area contributed by atoms with Gasteiger partial charge in [0, 0.05) is 22.5 Å². The molecule has 5 rings (SSSR count). The highest BCUT2D eigenvalue weighted by Gasteiger charge is 2.18. The maximum Gasteiger partial charge on any atom is 0.252 e. The number of rotatable bonds is 6. The van der Waals surface area contributed by atoms with Crippen LogP contribution in [0.15, 0.2) is 79.0 Å². The van der Waals surface area contributed by atoms with E-state index in [0.717, 1.165) is 44.7 Å². The maximum absolute atomic E-state index is 13.4. The lowest BCUT2D eigenvalue weighted by Gasteiger charge is -2.12. The summed E-state index contributed by atoms with van der Waals surface area (Å²) in [6.07, 6.45) is 1.79. The van der Waals surface area contributed by atoms with Crippen molar-refractivity contribution < 1.29 is 9.53 Å². The summed E-state index contributed by atoms with van der Waals surface area (Å²) in [5, 5.41) is 9.11. The number of amides is 1. The second kappa shape index (κ2) is 9.84. The molecule has 0 spiro atoms. The predicted molar refractivity (Wildman–Crippen MR) is 143 cm³/mol. The summed E-state index contributed by atoms with van der Waals surface area (Å²) in [6, 6.07) is 22.9. The highest BCUT2D eigenvalue weighted by Crippen LogP contribution is 2.29. The Bertz CT molecular complexity index is 1560. The first-order chi connectivity index (χ1) is 17.4. The highest BCUT2D eigenvalue weighted by atomic mass is 35.5. The van der Waals surface area contributed by atoms with Crippen molar-refractivity contribution in [2.24, 2.45) is 0 Å². The number of carbonyl (C=O) groups excluding carboxylic acids is 1. The SMILES string of the molecule is COc1ccc(-n2ncc(-c3cc(C(=O)NCc4ccc(Cl)cc4)c4cc(C)ccc4n3)c2C)cc1. The van der Waals surface area contributed by atoms with E-state index in [2.05, 4.69) is 10.4 Å². The van der Waals surface area contributed by atoms with Crippen molar-refractivity contribution in [3.63, 3.8) is 0 Å². The van der Waals surface area contributed by atoms with Gasteiger partial charge < -0.3 is 10.1 Å². The standard InChI is InChI=1S/C29H25ClN4O2/c1-18-4-13-27-24(14-18)25(29(35)31-16-20-5-7-21(30)8-6-20)15-28(33-27)26-17-32-34(19(26)2)22-9-11-23(36-3)12-10-22/h4-15,17H,16H2,1-3H3,(H,31,35). The Morgan fingerprint density at radius 3 is 2.47 bits per heavy atom. The van der Waals surface area contributed by atoms with Crippen LogP contribution in [0.5, 0.6) is 5.75 Å². The highest BCUT2D eigenvalue weighted by molar-refractivity contribution is 6.30. The van der Waals surface area contributed by atoms with Gasteiger partial charge in [-0.1, -0.05) is 35.4 Å². The summed E-state index contributed by atoms with van der Waals surface area (Å²) in [5.74, 6) is 0.619. The number of hydrogen-bond donors (Lipinski definition) is 1. The Morgan fingerprint density at radius 2 is 1.75 bits per heavy atom. The molecule has 1 amide bonds. The topological polar surface area (TPSA) is 69.0 Å². The van der Waals surface area contributed by atoms with Gasteiger partial charge in [0.05, 0.1) is 41.5 Å². The second-order valence-electron chi connectivity index (χ2n) is 8.64. The zero-order valence-electron chi connectivity index (χ0n) is 20.2. The Hall–Kier alpha value is -4.16. The molecule has 6 nitrogen and oxygen atoms in total. The molecule has 0 unspecified atom stereocenters. The molecule has 0 fully saturated rings. The van der Waals surface area contributed by atoms with E-state index in [0.29, 0.717) is 22.8 Å². The van der Waals surface area contributed by atoms with E-state index in [-0.39, 0.29) is 5.91 Å². The Labute approximate surface area is 214 Å². The van der Waals surface area contributed by atoms with Crippen molar-refractivity contribution in [1.29, 1.82) is 0 Å². The van der Waals surface area contributed by atoms with E-state index in [4.69, 9.17) is 21.3 Å². The number of aromatic nitrogens is 3. The van der Waals surface area contributed by atoms with Gasteiger partial charge in [-0.15, -0.1) is 0 Å². The molecular formula is C29H25ClN4O2. The van der Waals surface area contributed by atoms with Gasteiger partial charge in [-0.3, -0.25) is 4.79 Å². The minimum atomic E-state index is -0.163. The summed E-state index contributed by atoms with van der Waals surface area (Å²) in [6.45, 7) is 4.40. The number of nitrogens with one attached hydrogen (secondary N) is 1. The summed E-state index contributed by atoms with van der Waals surface area (Å²) < 4.78 is 7.12. The summed E-state index contributed by atoms with van der Waals surface area (Å²) in [7, 11) is 1.64. The summed E-state index contributed by atoms with van der Waals surface area (Å²) in [5.41, 5.74) is 6.76. The number of nitrogens with zero attached hydrogens (tertiary/aromatic N) is 3. The van der Waals surface area contributed by atoms with Gasteiger partial charge in [-0.25, -0.2) is 9.67 Å². The lowest BCUT2D eigenvalue weighted by molar-refractivity contribution is 0.0952. The van der Waals surface area contributed by atoms with Gasteiger partial charge in [0.1, 0.15) is 5.75 Å². The molecule has 36 heavy (non-hydrogen) atoms. The molecule has 1 N–H and O–H groups in total. The summed E-state index contributed by atoms with van der Waals surface area (Å²) in [4.78, 5) is 18.3. The average molecular weight is 497 g/mol. The van der Waals surface area contributed by atoms with E-state index in [9.17, 15) is 4.79 Å². The van der Waals surface area contributed by atoms with Crippen molar-refractivity contribution in [2.75, 3.05) is 7.11 Å². The van der Waals surface area contributed by atoms with Crippen LogP contribution >= 0.6 is 11.6 Å². The van der Waals surface area contributed by atoms with Gasteiger partial charge in [0.2, 0.25) is 0 Å². The Balaban J connectivity index is 1.52. The van der Waals surface area contributed by atoms with E-state index < -0.39 is 0 Å². The molecule has 5 aromatic rings. The molecule has 0 aliphatic carbocycles. The number of benzene rings is 3. The van der Waals surface area contributed by atoms with Crippen LogP contribution < -0.4 is 10.1 Å². The smallest absolute Gasteiger partial charge is 0.252 e. The van der Waals surface area contributed by atoms with Gasteiger partial charge in [0.25, 0.3) is 5.91 Å². The van der Waals surface area contributed by atoms with E-state index in [1.54, 1.807) is 13.3 Å². The molecule has 0 radical (unpaired) electrons. The molecule has 7 heteroatoms. The fraction of sp³-hybridized carbons (Fsp3) is 0.138. The predicted octanol–water partition coefficient (Wildman–Crippen LogP) is 6.30. The maximum atomic E-state index is 13.4. The van der Waals surface area contributed by atoms with Crippen LogP contribution in [0.1, 0.15) is 27.2 Å². The van der Waals surface area contributed by atoms with Crippen LogP contribution in [-0.2, 0) is 6.54 Å². The van der Waals surface area contributed by atoms with Gasteiger partial charge >= 0.3 is 0 Å². The number of halogens is 1. The molecular weight excluding hydrogens is 472 g/mol. The molecule has 0 aliphatic heterocycles. The average Bonchev–Trinajstić information content (AvgIpc) is 3.28. The molecule has 0 aliphatic rings. The minimum Gasteiger partial charge on any atom is -0.497 e. The Kier molecular flexibility index (Phi) is 6.44. The van der Waals surface area contributed by atoms with Crippen molar-refractivity contribution in [3.05, 3.63) is 106 Å². The zero-order valence-corrected chi connectivity index (χ0v) is 21.0. The molecule has 2 heterocycles. The molecule has 180 valence electrons. The van der Waals surface area contributed by atoms with Crippen molar-refractivity contribution in [1.82, 2.24) is 20.1 Å². The van der Waals surface area contributed by atoms with Crippen LogP contribution in [0.2, 0.25) is 5.02 Å². The number of pyridine rings is 1.